The van der Waals surface area contributed by atoms with Crippen molar-refractivity contribution in [1.82, 2.24) is 5.32 Å². The van der Waals surface area contributed by atoms with Gasteiger partial charge in [0.1, 0.15) is 0 Å². The van der Waals surface area contributed by atoms with Gasteiger partial charge in [-0.15, -0.1) is 0 Å². The van der Waals surface area contributed by atoms with Crippen molar-refractivity contribution in [2.45, 2.75) is 34.1 Å². The lowest BCUT2D eigenvalue weighted by Gasteiger charge is -2.23. The van der Waals surface area contributed by atoms with E-state index in [4.69, 9.17) is 0 Å². The van der Waals surface area contributed by atoms with Crippen molar-refractivity contribution in [3.63, 3.8) is 0 Å². The van der Waals surface area contributed by atoms with E-state index in [1.54, 1.807) is 0 Å². The van der Waals surface area contributed by atoms with Gasteiger partial charge in [0, 0.05) is 6.54 Å². The van der Waals surface area contributed by atoms with Gasteiger partial charge in [0.25, 0.3) is 0 Å². The van der Waals surface area contributed by atoms with Gasteiger partial charge in [-0.1, -0.05) is 34.3 Å². The molecule has 13 heavy (non-hydrogen) atoms. The summed E-state index contributed by atoms with van der Waals surface area (Å²) in [5.41, 5.74) is 0.332. The predicted octanol–water partition coefficient (Wildman–Crippen LogP) is 2.36. The first-order valence-corrected chi connectivity index (χ1v) is 4.75. The third kappa shape index (κ3) is 7.57. The van der Waals surface area contributed by atoms with Gasteiger partial charge in [0.2, 0.25) is 5.91 Å². The molecule has 1 amide bonds. The Labute approximate surface area is 81.4 Å². The van der Waals surface area contributed by atoms with E-state index in [-0.39, 0.29) is 5.91 Å². The summed E-state index contributed by atoms with van der Waals surface area (Å²) in [5, 5.41) is 2.80. The summed E-state index contributed by atoms with van der Waals surface area (Å²) in [4.78, 5) is 10.9. The fraction of sp³-hybridized carbons (Fsp3) is 0.727. The van der Waals surface area contributed by atoms with Crippen LogP contribution in [0.2, 0.25) is 0 Å². The highest BCUT2D eigenvalue weighted by molar-refractivity contribution is 5.86. The molecule has 1 N–H and O–H groups in total. The van der Waals surface area contributed by atoms with E-state index in [0.29, 0.717) is 11.3 Å². The van der Waals surface area contributed by atoms with Crippen molar-refractivity contribution in [3.05, 3.63) is 12.7 Å². The molecule has 2 nitrogen and oxygen atoms in total. The molecule has 0 rings (SSSR count). The van der Waals surface area contributed by atoms with Crippen molar-refractivity contribution in [2.75, 3.05) is 6.54 Å². The zero-order valence-corrected chi connectivity index (χ0v) is 9.18. The lowest BCUT2D eigenvalue weighted by atomic mass is 9.85. The Morgan fingerprint density at radius 3 is 2.46 bits per heavy atom. The fourth-order valence-corrected chi connectivity index (χ4v) is 1.46. The van der Waals surface area contributed by atoms with Crippen LogP contribution in [0.1, 0.15) is 34.1 Å². The SMILES string of the molecule is C=CC(=O)NCC(C)CC(C)(C)C. The normalized spacial score (nSPS) is 13.5. The number of amides is 1. The number of carbonyl (C=O) groups excluding carboxylic acids is 1. The summed E-state index contributed by atoms with van der Waals surface area (Å²) in [6, 6.07) is 0. The molecule has 0 fully saturated rings. The Hall–Kier alpha value is -0.790. The molecule has 1 atom stereocenters. The molecule has 76 valence electrons. The van der Waals surface area contributed by atoms with Crippen LogP contribution in [0.4, 0.5) is 0 Å². The topological polar surface area (TPSA) is 29.1 Å². The Morgan fingerprint density at radius 2 is 2.08 bits per heavy atom. The maximum Gasteiger partial charge on any atom is 0.243 e. The minimum absolute atomic E-state index is 0.0826. The summed E-state index contributed by atoms with van der Waals surface area (Å²) in [5.74, 6) is 0.435. The molecule has 0 aliphatic carbocycles. The third-order valence-electron chi connectivity index (χ3n) is 1.77. The molecule has 0 heterocycles. The summed E-state index contributed by atoms with van der Waals surface area (Å²) in [7, 11) is 0. The third-order valence-corrected chi connectivity index (χ3v) is 1.77. The lowest BCUT2D eigenvalue weighted by molar-refractivity contribution is -0.116. The largest absolute Gasteiger partial charge is 0.352 e. The number of nitrogens with one attached hydrogen (secondary N) is 1. The van der Waals surface area contributed by atoms with Crippen molar-refractivity contribution >= 4 is 5.91 Å². The highest BCUT2D eigenvalue weighted by Gasteiger charge is 2.15. The molecule has 0 aromatic heterocycles. The van der Waals surface area contributed by atoms with Crippen molar-refractivity contribution < 1.29 is 4.79 Å². The van der Waals surface area contributed by atoms with E-state index < -0.39 is 0 Å². The minimum Gasteiger partial charge on any atom is -0.352 e. The minimum atomic E-state index is -0.0826. The first-order chi connectivity index (χ1) is 5.85. The molecule has 0 aliphatic heterocycles. The van der Waals surface area contributed by atoms with Crippen molar-refractivity contribution in [3.8, 4) is 0 Å². The number of hydrogen-bond acceptors (Lipinski definition) is 1. The van der Waals surface area contributed by atoms with Gasteiger partial charge in [-0.25, -0.2) is 0 Å². The van der Waals surface area contributed by atoms with E-state index in [1.165, 1.54) is 6.08 Å². The predicted molar refractivity (Wildman–Crippen MR) is 56.4 cm³/mol. The molecule has 0 saturated carbocycles. The summed E-state index contributed by atoms with van der Waals surface area (Å²) in [6.07, 6.45) is 2.42. The molecule has 1 unspecified atom stereocenters. The lowest BCUT2D eigenvalue weighted by Crippen LogP contribution is -2.28. The molecule has 0 radical (unpaired) electrons. The first-order valence-electron chi connectivity index (χ1n) is 4.75. The molecule has 0 bridgehead atoms. The number of rotatable bonds is 4. The van der Waals surface area contributed by atoms with Gasteiger partial charge < -0.3 is 5.32 Å². The molecular weight excluding hydrogens is 162 g/mol. The summed E-state index contributed by atoms with van der Waals surface area (Å²) in [6.45, 7) is 12.9. The van der Waals surface area contributed by atoms with Crippen LogP contribution in [-0.2, 0) is 4.79 Å². The van der Waals surface area contributed by atoms with E-state index in [9.17, 15) is 4.79 Å². The average Bonchev–Trinajstić information content (AvgIpc) is 1.97. The van der Waals surface area contributed by atoms with Gasteiger partial charge >= 0.3 is 0 Å². The van der Waals surface area contributed by atoms with Crippen LogP contribution < -0.4 is 5.32 Å². The van der Waals surface area contributed by atoms with Gasteiger partial charge in [-0.3, -0.25) is 4.79 Å². The Morgan fingerprint density at radius 1 is 1.54 bits per heavy atom. The van der Waals surface area contributed by atoms with Crippen LogP contribution in [-0.4, -0.2) is 12.5 Å². The Kier molecular flexibility index (Phi) is 4.74. The van der Waals surface area contributed by atoms with Crippen molar-refractivity contribution in [1.29, 1.82) is 0 Å². The first kappa shape index (κ1) is 12.2. The van der Waals surface area contributed by atoms with Crippen LogP contribution in [0.25, 0.3) is 0 Å². The molecule has 0 spiro atoms. The average molecular weight is 183 g/mol. The summed E-state index contributed by atoms with van der Waals surface area (Å²) >= 11 is 0. The Balaban J connectivity index is 3.69. The second kappa shape index (κ2) is 5.05. The van der Waals surface area contributed by atoms with Gasteiger partial charge in [-0.05, 0) is 23.8 Å². The summed E-state index contributed by atoms with van der Waals surface area (Å²) < 4.78 is 0. The van der Waals surface area contributed by atoms with Gasteiger partial charge in [0.15, 0.2) is 0 Å². The second-order valence-corrected chi connectivity index (χ2v) is 4.82. The fourth-order valence-electron chi connectivity index (χ4n) is 1.46. The highest BCUT2D eigenvalue weighted by Crippen LogP contribution is 2.23. The molecule has 0 aliphatic rings. The molecule has 0 aromatic carbocycles. The van der Waals surface area contributed by atoms with Crippen LogP contribution in [0, 0.1) is 11.3 Å². The smallest absolute Gasteiger partial charge is 0.243 e. The van der Waals surface area contributed by atoms with E-state index >= 15 is 0 Å². The van der Waals surface area contributed by atoms with Crippen molar-refractivity contribution in [2.24, 2.45) is 11.3 Å². The van der Waals surface area contributed by atoms with E-state index in [1.807, 2.05) is 0 Å². The van der Waals surface area contributed by atoms with Crippen LogP contribution >= 0.6 is 0 Å². The zero-order chi connectivity index (χ0) is 10.5. The number of hydrogen-bond donors (Lipinski definition) is 1. The monoisotopic (exact) mass is 183 g/mol. The van der Waals surface area contributed by atoms with Crippen LogP contribution in [0.5, 0.6) is 0 Å². The zero-order valence-electron chi connectivity index (χ0n) is 9.18. The standard InChI is InChI=1S/C11H21NO/c1-6-10(13)12-8-9(2)7-11(3,4)5/h6,9H,1,7-8H2,2-5H3,(H,12,13). The van der Waals surface area contributed by atoms with E-state index in [2.05, 4.69) is 39.6 Å². The molecule has 0 saturated heterocycles. The quantitative estimate of drug-likeness (QED) is 0.666. The Bertz CT molecular complexity index is 179. The maximum atomic E-state index is 10.9. The highest BCUT2D eigenvalue weighted by atomic mass is 16.1. The van der Waals surface area contributed by atoms with E-state index in [0.717, 1.165) is 13.0 Å². The van der Waals surface area contributed by atoms with Crippen LogP contribution in [0.15, 0.2) is 12.7 Å². The molecule has 2 heteroatoms. The van der Waals surface area contributed by atoms with Crippen LogP contribution in [0.3, 0.4) is 0 Å². The number of carbonyl (C=O) groups is 1. The van der Waals surface area contributed by atoms with Gasteiger partial charge in [0.05, 0.1) is 0 Å². The molecular formula is C11H21NO. The molecule has 0 aromatic rings. The maximum absolute atomic E-state index is 10.9. The van der Waals surface area contributed by atoms with Gasteiger partial charge in [-0.2, -0.15) is 0 Å². The second-order valence-electron chi connectivity index (χ2n) is 4.82.